The van der Waals surface area contributed by atoms with Crippen LogP contribution in [-0.2, 0) is 11.2 Å². The van der Waals surface area contributed by atoms with Crippen molar-refractivity contribution in [2.75, 3.05) is 6.61 Å². The molecule has 1 aliphatic carbocycles. The molecule has 1 unspecified atom stereocenters. The predicted molar refractivity (Wildman–Crippen MR) is 85.7 cm³/mol. The summed E-state index contributed by atoms with van der Waals surface area (Å²) < 4.78 is 5.65. The van der Waals surface area contributed by atoms with Gasteiger partial charge in [0.15, 0.2) is 0 Å². The summed E-state index contributed by atoms with van der Waals surface area (Å²) in [5.41, 5.74) is 3.55. The number of hydrogen-bond donors (Lipinski definition) is 2. The lowest BCUT2D eigenvalue weighted by Crippen LogP contribution is -2.51. The number of benzene rings is 1. The molecule has 4 nitrogen and oxygen atoms in total. The van der Waals surface area contributed by atoms with Crippen LogP contribution in [0.5, 0.6) is 0 Å². The van der Waals surface area contributed by atoms with Gasteiger partial charge in [-0.25, -0.2) is 0 Å². The summed E-state index contributed by atoms with van der Waals surface area (Å²) in [5, 5.41) is 13.6. The molecule has 1 amide bonds. The Balaban J connectivity index is 1.78. The van der Waals surface area contributed by atoms with Crippen LogP contribution in [0.15, 0.2) is 22.8 Å². The lowest BCUT2D eigenvalue weighted by atomic mass is 9.96. The molecular formula is C18H23NO3. The van der Waals surface area contributed by atoms with Gasteiger partial charge in [-0.05, 0) is 50.7 Å². The van der Waals surface area contributed by atoms with Gasteiger partial charge in [0.25, 0.3) is 0 Å². The minimum atomic E-state index is -0.497. The van der Waals surface area contributed by atoms with Crippen LogP contribution in [0.3, 0.4) is 0 Å². The molecule has 1 saturated carbocycles. The van der Waals surface area contributed by atoms with Gasteiger partial charge in [0.1, 0.15) is 5.58 Å². The van der Waals surface area contributed by atoms with Crippen molar-refractivity contribution >= 4 is 16.9 Å². The molecule has 0 spiro atoms. The maximum absolute atomic E-state index is 12.3. The number of amides is 1. The monoisotopic (exact) mass is 301 g/mol. The number of furan rings is 1. The first-order chi connectivity index (χ1) is 10.4. The van der Waals surface area contributed by atoms with E-state index in [1.54, 1.807) is 6.26 Å². The maximum Gasteiger partial charge on any atom is 0.225 e. The number of aliphatic hydroxyl groups is 1. The van der Waals surface area contributed by atoms with Crippen molar-refractivity contribution in [3.05, 3.63) is 35.1 Å². The minimum absolute atomic E-state index is 0.0200. The Hall–Kier alpha value is -1.81. The third-order valence-corrected chi connectivity index (χ3v) is 4.92. The Morgan fingerprint density at radius 1 is 1.41 bits per heavy atom. The third-order valence-electron chi connectivity index (χ3n) is 4.92. The first kappa shape index (κ1) is 15.1. The molecule has 2 aromatic rings. The minimum Gasteiger partial charge on any atom is -0.464 e. The second-order valence-electron chi connectivity index (χ2n) is 6.72. The molecule has 1 atom stereocenters. The van der Waals surface area contributed by atoms with E-state index in [4.69, 9.17) is 4.42 Å². The van der Waals surface area contributed by atoms with Crippen LogP contribution in [0.4, 0.5) is 0 Å². The van der Waals surface area contributed by atoms with Crippen LogP contribution >= 0.6 is 0 Å². The van der Waals surface area contributed by atoms with Gasteiger partial charge < -0.3 is 14.8 Å². The largest absolute Gasteiger partial charge is 0.464 e. The Bertz CT molecular complexity index is 714. The molecule has 22 heavy (non-hydrogen) atoms. The number of rotatable bonds is 5. The van der Waals surface area contributed by atoms with E-state index in [0.29, 0.717) is 5.92 Å². The zero-order chi connectivity index (χ0) is 15.9. The van der Waals surface area contributed by atoms with Crippen LogP contribution in [0.1, 0.15) is 36.5 Å². The normalized spacial score (nSPS) is 17.5. The van der Waals surface area contributed by atoms with E-state index in [2.05, 4.69) is 11.4 Å². The summed E-state index contributed by atoms with van der Waals surface area (Å²) in [6.07, 6.45) is 4.09. The number of nitrogens with one attached hydrogen (secondary N) is 1. The molecule has 0 bridgehead atoms. The summed E-state index contributed by atoms with van der Waals surface area (Å²) in [6.45, 7) is 5.98. The van der Waals surface area contributed by atoms with Crippen molar-refractivity contribution in [2.24, 2.45) is 5.92 Å². The molecule has 1 aromatic carbocycles. The van der Waals surface area contributed by atoms with Crippen molar-refractivity contribution in [2.45, 2.75) is 45.6 Å². The zero-order valence-electron chi connectivity index (χ0n) is 13.4. The van der Waals surface area contributed by atoms with E-state index in [1.165, 1.54) is 5.56 Å². The van der Waals surface area contributed by atoms with Gasteiger partial charge in [-0.2, -0.15) is 0 Å². The zero-order valence-corrected chi connectivity index (χ0v) is 13.4. The second-order valence-corrected chi connectivity index (χ2v) is 6.72. The van der Waals surface area contributed by atoms with E-state index in [-0.39, 0.29) is 18.9 Å². The van der Waals surface area contributed by atoms with Gasteiger partial charge in [-0.15, -0.1) is 0 Å². The molecule has 2 N–H and O–H groups in total. The Kier molecular flexibility index (Phi) is 3.73. The van der Waals surface area contributed by atoms with E-state index in [1.807, 2.05) is 26.8 Å². The van der Waals surface area contributed by atoms with Crippen molar-refractivity contribution in [3.63, 3.8) is 0 Å². The van der Waals surface area contributed by atoms with Crippen molar-refractivity contribution in [1.29, 1.82) is 0 Å². The second kappa shape index (κ2) is 5.43. The third kappa shape index (κ3) is 2.63. The lowest BCUT2D eigenvalue weighted by molar-refractivity contribution is -0.123. The van der Waals surface area contributed by atoms with Crippen molar-refractivity contribution in [3.8, 4) is 0 Å². The smallest absolute Gasteiger partial charge is 0.225 e. The Morgan fingerprint density at radius 3 is 2.77 bits per heavy atom. The van der Waals surface area contributed by atoms with Gasteiger partial charge in [0.05, 0.1) is 24.8 Å². The molecule has 118 valence electrons. The number of carbonyl (C=O) groups is 1. The fourth-order valence-electron chi connectivity index (χ4n) is 3.05. The van der Waals surface area contributed by atoms with E-state index in [9.17, 15) is 9.90 Å². The topological polar surface area (TPSA) is 62.5 Å². The van der Waals surface area contributed by atoms with Gasteiger partial charge in [-0.1, -0.05) is 12.1 Å². The highest BCUT2D eigenvalue weighted by molar-refractivity contribution is 5.89. The van der Waals surface area contributed by atoms with Gasteiger partial charge in [-0.3, -0.25) is 4.79 Å². The summed E-state index contributed by atoms with van der Waals surface area (Å²) in [4.78, 5) is 12.3. The van der Waals surface area contributed by atoms with Crippen LogP contribution < -0.4 is 5.32 Å². The summed E-state index contributed by atoms with van der Waals surface area (Å²) in [5.74, 6) is 0.330. The van der Waals surface area contributed by atoms with Crippen molar-refractivity contribution in [1.82, 2.24) is 5.32 Å². The fraction of sp³-hybridized carbons (Fsp3) is 0.500. The number of fused-ring (bicyclic) bond motifs is 1. The highest BCUT2D eigenvalue weighted by Crippen LogP contribution is 2.39. The number of carbonyl (C=O) groups excluding carboxylic acids is 1. The Labute approximate surface area is 130 Å². The molecule has 1 heterocycles. The molecule has 1 aromatic heterocycles. The molecule has 1 aliphatic rings. The van der Waals surface area contributed by atoms with Crippen LogP contribution in [0.2, 0.25) is 0 Å². The van der Waals surface area contributed by atoms with E-state index < -0.39 is 5.54 Å². The maximum atomic E-state index is 12.3. The standard InChI is InChI=1S/C18H23NO3/c1-11-4-7-15-13(9-22-17(15)12(11)2)8-16(21)19-18(3,10-20)14-5-6-14/h4,7,9,14,20H,5-6,8,10H2,1-3H3,(H,19,21). The molecule has 0 saturated heterocycles. The quantitative estimate of drug-likeness (QED) is 0.892. The molecular weight excluding hydrogens is 278 g/mol. The lowest BCUT2D eigenvalue weighted by Gasteiger charge is -2.28. The number of aryl methyl sites for hydroxylation is 2. The van der Waals surface area contributed by atoms with Gasteiger partial charge in [0.2, 0.25) is 5.91 Å². The first-order valence-corrected chi connectivity index (χ1v) is 7.83. The average Bonchev–Trinajstić information content (AvgIpc) is 3.27. The molecule has 0 radical (unpaired) electrons. The summed E-state index contributed by atoms with van der Waals surface area (Å²) in [7, 11) is 0. The first-order valence-electron chi connectivity index (χ1n) is 7.83. The molecule has 0 aliphatic heterocycles. The average molecular weight is 301 g/mol. The molecule has 3 rings (SSSR count). The Morgan fingerprint density at radius 2 is 2.14 bits per heavy atom. The number of hydrogen-bond acceptors (Lipinski definition) is 3. The van der Waals surface area contributed by atoms with Crippen molar-refractivity contribution < 1.29 is 14.3 Å². The molecule has 4 heteroatoms. The van der Waals surface area contributed by atoms with E-state index in [0.717, 1.165) is 34.9 Å². The fourth-order valence-corrected chi connectivity index (χ4v) is 3.05. The SMILES string of the molecule is Cc1ccc2c(CC(=O)NC(C)(CO)C3CC3)coc2c1C. The van der Waals surface area contributed by atoms with Crippen LogP contribution in [0.25, 0.3) is 11.0 Å². The highest BCUT2D eigenvalue weighted by atomic mass is 16.3. The highest BCUT2D eigenvalue weighted by Gasteiger charge is 2.42. The summed E-state index contributed by atoms with van der Waals surface area (Å²) in [6, 6.07) is 4.06. The van der Waals surface area contributed by atoms with Crippen LogP contribution in [-0.4, -0.2) is 23.2 Å². The van der Waals surface area contributed by atoms with Crippen LogP contribution in [0, 0.1) is 19.8 Å². The number of aliphatic hydroxyl groups excluding tert-OH is 1. The molecule has 1 fully saturated rings. The van der Waals surface area contributed by atoms with Gasteiger partial charge >= 0.3 is 0 Å². The van der Waals surface area contributed by atoms with E-state index >= 15 is 0 Å². The van der Waals surface area contributed by atoms with Gasteiger partial charge in [0, 0.05) is 10.9 Å². The summed E-state index contributed by atoms with van der Waals surface area (Å²) >= 11 is 0. The predicted octanol–water partition coefficient (Wildman–Crippen LogP) is 2.87.